The summed E-state index contributed by atoms with van der Waals surface area (Å²) < 4.78 is 0.109. The van der Waals surface area contributed by atoms with Crippen molar-refractivity contribution in [2.24, 2.45) is 0 Å². The fourth-order valence-corrected chi connectivity index (χ4v) is 0.648. The Labute approximate surface area is 66.2 Å². The lowest BCUT2D eigenvalue weighted by Gasteiger charge is -1.89. The molecule has 0 aromatic carbocycles. The van der Waals surface area contributed by atoms with Gasteiger partial charge in [-0.05, 0) is 0 Å². The zero-order valence-corrected chi connectivity index (χ0v) is 5.75. The normalized spacial score (nSPS) is 8.92. The van der Waals surface area contributed by atoms with E-state index in [1.54, 1.807) is 0 Å². The second kappa shape index (κ2) is 2.79. The third-order valence-electron chi connectivity index (χ3n) is 1.19. The van der Waals surface area contributed by atoms with Crippen molar-refractivity contribution in [2.75, 3.05) is 0 Å². The van der Waals surface area contributed by atoms with Crippen LogP contribution in [0.25, 0.3) is 4.98 Å². The Hall–Kier alpha value is -2.23. The third-order valence-corrected chi connectivity index (χ3v) is 1.19. The van der Waals surface area contributed by atoms with E-state index in [2.05, 4.69) is 4.98 Å². The number of pyridine rings is 1. The van der Waals surface area contributed by atoms with Gasteiger partial charge in [-0.25, -0.2) is 0 Å². The van der Waals surface area contributed by atoms with Gasteiger partial charge in [0.1, 0.15) is 6.07 Å². The first-order valence-corrected chi connectivity index (χ1v) is 2.88. The molecule has 0 radical (unpaired) electrons. The first-order valence-electron chi connectivity index (χ1n) is 2.88. The molecular formula is C5H3N4O3+. The van der Waals surface area contributed by atoms with Crippen molar-refractivity contribution in [3.05, 3.63) is 38.6 Å². The summed E-state index contributed by atoms with van der Waals surface area (Å²) in [5.74, 6) is -0.291. The van der Waals surface area contributed by atoms with Crippen LogP contribution in [0.3, 0.4) is 0 Å². The lowest BCUT2D eigenvalue weighted by Crippen LogP contribution is -2.25. The van der Waals surface area contributed by atoms with E-state index in [-0.39, 0.29) is 16.2 Å². The minimum atomic E-state index is -0.713. The van der Waals surface area contributed by atoms with Gasteiger partial charge in [0.25, 0.3) is 6.20 Å². The lowest BCUT2D eigenvalue weighted by molar-refractivity contribution is -0.593. The molecular weight excluding hydrogens is 164 g/mol. The highest BCUT2D eigenvalue weighted by molar-refractivity contribution is 5.34. The molecule has 0 spiro atoms. The molecule has 12 heavy (non-hydrogen) atoms. The second-order valence-electron chi connectivity index (χ2n) is 1.93. The molecule has 0 aliphatic carbocycles. The standard InChI is InChI=1S/C5H3N4O3/c6-7-5-2-1-4(9(11)12)3-8(5)10/h1-3H/q+1. The van der Waals surface area contributed by atoms with Crippen LogP contribution in [0, 0.1) is 20.7 Å². The first-order chi connectivity index (χ1) is 5.65. The monoisotopic (exact) mass is 167 g/mol. The number of hydrogen-bond acceptors (Lipinski definition) is 4. The van der Waals surface area contributed by atoms with E-state index in [1.165, 1.54) is 0 Å². The predicted octanol–water partition coefficient (Wildman–Crippen LogP) is 0.713. The highest BCUT2D eigenvalue weighted by Gasteiger charge is 2.21. The van der Waals surface area contributed by atoms with Gasteiger partial charge in [0, 0.05) is 6.07 Å². The minimum absolute atomic E-state index is 0.109. The fraction of sp³-hybridized carbons (Fsp3) is 0. The number of diazo groups is 1. The van der Waals surface area contributed by atoms with Crippen LogP contribution in [0.2, 0.25) is 0 Å². The SMILES string of the molecule is N#[N+]c1ccc([N+](=O)[O-])c[n+]1[O-]. The molecule has 7 heteroatoms. The van der Waals surface area contributed by atoms with Crippen molar-refractivity contribution >= 4 is 11.5 Å². The van der Waals surface area contributed by atoms with Crippen LogP contribution in [-0.4, -0.2) is 4.92 Å². The summed E-state index contributed by atoms with van der Waals surface area (Å²) in [6.07, 6.45) is 0.717. The van der Waals surface area contributed by atoms with E-state index < -0.39 is 4.92 Å². The molecule has 1 aromatic rings. The quantitative estimate of drug-likeness (QED) is 0.202. The highest BCUT2D eigenvalue weighted by atomic mass is 16.6. The Morgan fingerprint density at radius 3 is 2.67 bits per heavy atom. The molecule has 1 heterocycles. The van der Waals surface area contributed by atoms with E-state index in [0.717, 1.165) is 18.3 Å². The predicted molar refractivity (Wildman–Crippen MR) is 36.8 cm³/mol. The zero-order valence-electron chi connectivity index (χ0n) is 5.75. The van der Waals surface area contributed by atoms with Gasteiger partial charge in [0.2, 0.25) is 10.4 Å². The molecule has 0 unspecified atom stereocenters. The molecule has 1 rings (SSSR count). The van der Waals surface area contributed by atoms with Crippen LogP contribution >= 0.6 is 0 Å². The van der Waals surface area contributed by atoms with Crippen LogP contribution in [0.5, 0.6) is 0 Å². The summed E-state index contributed by atoms with van der Waals surface area (Å²) in [6.45, 7) is 0. The maximum atomic E-state index is 10.7. The molecule has 0 amide bonds. The maximum absolute atomic E-state index is 10.7. The number of hydrogen-bond donors (Lipinski definition) is 0. The van der Waals surface area contributed by atoms with Crippen molar-refractivity contribution in [3.8, 4) is 0 Å². The molecule has 0 fully saturated rings. The molecule has 0 N–H and O–H groups in total. The van der Waals surface area contributed by atoms with Crippen LogP contribution in [-0.2, 0) is 0 Å². The largest absolute Gasteiger partial charge is 0.623 e. The first kappa shape index (κ1) is 7.87. The van der Waals surface area contributed by atoms with Crippen LogP contribution in [0.15, 0.2) is 18.3 Å². The molecule has 1 aromatic heterocycles. The van der Waals surface area contributed by atoms with E-state index in [4.69, 9.17) is 5.39 Å². The Kier molecular flexibility index (Phi) is 1.83. The Bertz CT molecular complexity index is 369. The summed E-state index contributed by atoms with van der Waals surface area (Å²) >= 11 is 0. The molecule has 0 bridgehead atoms. The molecule has 0 saturated carbocycles. The van der Waals surface area contributed by atoms with Crippen molar-refractivity contribution in [1.29, 1.82) is 5.39 Å². The van der Waals surface area contributed by atoms with Gasteiger partial charge < -0.3 is 5.21 Å². The van der Waals surface area contributed by atoms with Crippen LogP contribution in [0.4, 0.5) is 11.5 Å². The number of nitro groups is 1. The van der Waals surface area contributed by atoms with E-state index >= 15 is 0 Å². The maximum Gasteiger partial charge on any atom is 0.623 e. The highest BCUT2D eigenvalue weighted by Crippen LogP contribution is 2.11. The van der Waals surface area contributed by atoms with Gasteiger partial charge in [-0.15, -0.1) is 0 Å². The van der Waals surface area contributed by atoms with E-state index in [1.807, 2.05) is 0 Å². The number of nitrogens with zero attached hydrogens (tertiary/aromatic N) is 4. The van der Waals surface area contributed by atoms with Gasteiger partial charge in [-0.3, -0.25) is 10.1 Å². The molecule has 60 valence electrons. The Balaban J connectivity index is 3.21. The van der Waals surface area contributed by atoms with Crippen LogP contribution in [0.1, 0.15) is 0 Å². The number of aromatic nitrogens is 1. The van der Waals surface area contributed by atoms with Crippen molar-refractivity contribution in [3.63, 3.8) is 0 Å². The second-order valence-corrected chi connectivity index (χ2v) is 1.93. The summed E-state index contributed by atoms with van der Waals surface area (Å²) in [7, 11) is 0. The van der Waals surface area contributed by atoms with E-state index in [0.29, 0.717) is 0 Å². The zero-order chi connectivity index (χ0) is 9.14. The smallest absolute Gasteiger partial charge is 0.613 e. The number of rotatable bonds is 1. The van der Waals surface area contributed by atoms with Crippen LogP contribution < -0.4 is 4.73 Å². The average molecular weight is 167 g/mol. The van der Waals surface area contributed by atoms with Gasteiger partial charge >= 0.3 is 11.5 Å². The van der Waals surface area contributed by atoms with Crippen molar-refractivity contribution < 1.29 is 9.65 Å². The van der Waals surface area contributed by atoms with Gasteiger partial charge in [0.05, 0.1) is 4.92 Å². The van der Waals surface area contributed by atoms with Gasteiger partial charge in [0.15, 0.2) is 0 Å². The molecule has 7 nitrogen and oxygen atoms in total. The van der Waals surface area contributed by atoms with Gasteiger partial charge in [-0.1, -0.05) is 4.73 Å². The molecule has 0 saturated heterocycles. The lowest BCUT2D eigenvalue weighted by atomic mass is 10.4. The minimum Gasteiger partial charge on any atom is -0.613 e. The average Bonchev–Trinajstić information content (AvgIpc) is 2.04. The Morgan fingerprint density at radius 2 is 2.25 bits per heavy atom. The summed E-state index contributed by atoms with van der Waals surface area (Å²) in [5.41, 5.74) is -0.350. The topological polar surface area (TPSA) is 98.2 Å². The fourth-order valence-electron chi connectivity index (χ4n) is 0.648. The molecule has 0 aliphatic heterocycles. The summed E-state index contributed by atoms with van der Waals surface area (Å²) in [5, 5.41) is 29.0. The van der Waals surface area contributed by atoms with Gasteiger partial charge in [-0.2, -0.15) is 0 Å². The van der Waals surface area contributed by atoms with Crippen molar-refractivity contribution in [1.82, 2.24) is 0 Å². The third kappa shape index (κ3) is 1.27. The van der Waals surface area contributed by atoms with Crippen molar-refractivity contribution in [2.45, 2.75) is 0 Å². The summed E-state index contributed by atoms with van der Waals surface area (Å²) in [4.78, 5) is 12.0. The van der Waals surface area contributed by atoms with E-state index in [9.17, 15) is 15.3 Å². The summed E-state index contributed by atoms with van der Waals surface area (Å²) in [6, 6.07) is 2.12. The molecule has 0 atom stereocenters. The Morgan fingerprint density at radius 1 is 1.58 bits per heavy atom. The molecule has 0 aliphatic rings.